The molecule has 0 radical (unpaired) electrons. The van der Waals surface area contributed by atoms with E-state index in [9.17, 15) is 4.79 Å². The molecule has 9 N–H and O–H groups in total. The summed E-state index contributed by atoms with van der Waals surface area (Å²) in [6, 6.07) is 7.36. The minimum Gasteiger partial charge on any atom is -0.477 e. The van der Waals surface area contributed by atoms with Gasteiger partial charge in [0.25, 0.3) is 5.79 Å². The Morgan fingerprint density at radius 1 is 1.07 bits per heavy atom. The molecule has 1 aromatic carbocycles. The van der Waals surface area contributed by atoms with Gasteiger partial charge < -0.3 is 27.6 Å². The van der Waals surface area contributed by atoms with E-state index in [4.69, 9.17) is 15.3 Å². The minimum absolute atomic E-state index is 0. The fraction of sp³-hybridized carbons (Fsp3) is 0.125. The van der Waals surface area contributed by atoms with E-state index in [0.29, 0.717) is 0 Å². The fourth-order valence-corrected chi connectivity index (χ4v) is 0.794. The topological polar surface area (TPSA) is 148 Å². The molecule has 6 heteroatoms. The molecule has 1 aromatic rings. The van der Waals surface area contributed by atoms with Crippen LogP contribution in [-0.2, 0) is 10.6 Å². The van der Waals surface area contributed by atoms with Crippen molar-refractivity contribution in [2.75, 3.05) is 0 Å². The first-order valence-electron chi connectivity index (χ1n) is 3.29. The molecule has 0 saturated heterocycles. The van der Waals surface area contributed by atoms with E-state index < -0.39 is 11.8 Å². The molecule has 0 unspecified atom stereocenters. The van der Waals surface area contributed by atoms with Gasteiger partial charge in [0.2, 0.25) is 0 Å². The summed E-state index contributed by atoms with van der Waals surface area (Å²) >= 11 is 0. The van der Waals surface area contributed by atoms with Gasteiger partial charge in [-0.05, 0) is 0 Å². The monoisotopic (exact) mass is 202 g/mol. The van der Waals surface area contributed by atoms with Gasteiger partial charge in [-0.1, -0.05) is 30.3 Å². The zero-order valence-electron chi connectivity index (χ0n) is 7.55. The number of aliphatic carboxylic acids is 1. The first-order chi connectivity index (χ1) is 5.55. The summed E-state index contributed by atoms with van der Waals surface area (Å²) in [5.41, 5.74) is -0.0579. The van der Waals surface area contributed by atoms with E-state index in [-0.39, 0.29) is 17.9 Å². The van der Waals surface area contributed by atoms with Crippen molar-refractivity contribution in [2.45, 2.75) is 5.79 Å². The Kier molecular flexibility index (Phi) is 5.69. The van der Waals surface area contributed by atoms with Crippen LogP contribution in [0.25, 0.3) is 0 Å². The predicted octanol–water partition coefficient (Wildman–Crippen LogP) is 0.233. The normalized spacial score (nSPS) is 9.57. The maximum Gasteiger partial charge on any atom is 0.369 e. The molecule has 0 aliphatic heterocycles. The van der Waals surface area contributed by atoms with Gasteiger partial charge in [0.05, 0.1) is 0 Å². The molecule has 14 heavy (non-hydrogen) atoms. The van der Waals surface area contributed by atoms with Gasteiger partial charge in [0.1, 0.15) is 0 Å². The Balaban J connectivity index is 0. The van der Waals surface area contributed by atoms with Crippen molar-refractivity contribution in [1.29, 1.82) is 0 Å². The van der Waals surface area contributed by atoms with Crippen LogP contribution in [-0.4, -0.2) is 21.3 Å². The smallest absolute Gasteiger partial charge is 0.369 e. The molecular formula is C8H14N2O4. The fourth-order valence-electron chi connectivity index (χ4n) is 0.794. The lowest BCUT2D eigenvalue weighted by molar-refractivity contribution is -0.208. The number of benzene rings is 1. The molecule has 0 amide bonds. The second-order valence-corrected chi connectivity index (χ2v) is 2.34. The highest BCUT2D eigenvalue weighted by Gasteiger charge is 2.34. The molecule has 0 aliphatic carbocycles. The molecule has 0 atom stereocenters. The Labute approximate surface area is 81.0 Å². The third-order valence-electron chi connectivity index (χ3n) is 1.47. The van der Waals surface area contributed by atoms with E-state index in [2.05, 4.69) is 0 Å². The van der Waals surface area contributed by atoms with Crippen molar-refractivity contribution < 1.29 is 20.1 Å². The maximum absolute atomic E-state index is 10.3. The molecule has 0 aromatic heterocycles. The van der Waals surface area contributed by atoms with Crippen molar-refractivity contribution in [3.8, 4) is 0 Å². The van der Waals surface area contributed by atoms with Gasteiger partial charge in [-0.15, -0.1) is 0 Å². The number of hydrogen-bond acceptors (Lipinski definition) is 5. The van der Waals surface area contributed by atoms with E-state index >= 15 is 0 Å². The first-order valence-corrected chi connectivity index (χ1v) is 3.29. The van der Waals surface area contributed by atoms with Crippen LogP contribution < -0.4 is 12.3 Å². The van der Waals surface area contributed by atoms with Gasteiger partial charge in [0, 0.05) is 5.56 Å². The van der Waals surface area contributed by atoms with Crippen LogP contribution in [0.15, 0.2) is 30.3 Å². The van der Waals surface area contributed by atoms with Crippen LogP contribution in [0.2, 0.25) is 0 Å². The summed E-state index contributed by atoms with van der Waals surface area (Å²) in [6.45, 7) is 0. The highest BCUT2D eigenvalue weighted by atomic mass is 16.5. The standard InChI is InChI=1S/C8H8O4.2H3N/c9-7(10)8(11,12)6-4-2-1-3-5-6;;/h1-5,11-12H,(H,9,10);2*1H3. The molecule has 80 valence electrons. The largest absolute Gasteiger partial charge is 0.477 e. The van der Waals surface area contributed by atoms with Crippen LogP contribution in [0.1, 0.15) is 5.56 Å². The molecule has 0 saturated carbocycles. The summed E-state index contributed by atoms with van der Waals surface area (Å²) in [5, 5.41) is 26.4. The molecular weight excluding hydrogens is 188 g/mol. The SMILES string of the molecule is N.N.O=C(O)C(O)(O)c1ccccc1. The minimum atomic E-state index is -2.79. The van der Waals surface area contributed by atoms with E-state index in [1.807, 2.05) is 0 Å². The van der Waals surface area contributed by atoms with E-state index in [1.165, 1.54) is 24.3 Å². The third-order valence-corrected chi connectivity index (χ3v) is 1.47. The van der Waals surface area contributed by atoms with Crippen LogP contribution in [0.3, 0.4) is 0 Å². The maximum atomic E-state index is 10.3. The Morgan fingerprint density at radius 3 is 1.86 bits per heavy atom. The number of hydrogen-bond donors (Lipinski definition) is 5. The number of carboxylic acids is 1. The second kappa shape index (κ2) is 5.30. The summed E-state index contributed by atoms with van der Waals surface area (Å²) in [6.07, 6.45) is 0. The second-order valence-electron chi connectivity index (χ2n) is 2.34. The number of carboxylic acid groups (broad SMARTS) is 1. The molecule has 0 fully saturated rings. The zero-order chi connectivity index (χ0) is 9.19. The van der Waals surface area contributed by atoms with Gasteiger partial charge >= 0.3 is 5.97 Å². The lowest BCUT2D eigenvalue weighted by Gasteiger charge is -2.15. The van der Waals surface area contributed by atoms with Gasteiger partial charge in [-0.3, -0.25) is 0 Å². The van der Waals surface area contributed by atoms with Gasteiger partial charge in [0.15, 0.2) is 0 Å². The zero-order valence-corrected chi connectivity index (χ0v) is 7.55. The van der Waals surface area contributed by atoms with Crippen molar-refractivity contribution in [2.24, 2.45) is 0 Å². The van der Waals surface area contributed by atoms with Gasteiger partial charge in [-0.25, -0.2) is 4.79 Å². The van der Waals surface area contributed by atoms with Gasteiger partial charge in [-0.2, -0.15) is 0 Å². The first kappa shape index (κ1) is 15.0. The van der Waals surface area contributed by atoms with Crippen LogP contribution >= 0.6 is 0 Å². The van der Waals surface area contributed by atoms with E-state index in [0.717, 1.165) is 0 Å². The number of aliphatic hydroxyl groups is 2. The number of rotatable bonds is 2. The average molecular weight is 202 g/mol. The summed E-state index contributed by atoms with van der Waals surface area (Å²) < 4.78 is 0. The quantitative estimate of drug-likeness (QED) is 0.433. The highest BCUT2D eigenvalue weighted by Crippen LogP contribution is 2.16. The van der Waals surface area contributed by atoms with Crippen molar-refractivity contribution in [3.05, 3.63) is 35.9 Å². The molecule has 6 nitrogen and oxygen atoms in total. The molecule has 0 heterocycles. The molecule has 1 rings (SSSR count). The summed E-state index contributed by atoms with van der Waals surface area (Å²) in [4.78, 5) is 10.3. The third kappa shape index (κ3) is 2.79. The van der Waals surface area contributed by atoms with Crippen LogP contribution in [0, 0.1) is 0 Å². The Morgan fingerprint density at radius 2 is 1.50 bits per heavy atom. The summed E-state index contributed by atoms with van der Waals surface area (Å²) in [5.74, 6) is -4.48. The van der Waals surface area contributed by atoms with E-state index in [1.54, 1.807) is 6.07 Å². The molecule has 0 aliphatic rings. The Bertz CT molecular complexity index is 287. The van der Waals surface area contributed by atoms with Crippen molar-refractivity contribution >= 4 is 5.97 Å². The lowest BCUT2D eigenvalue weighted by atomic mass is 10.1. The highest BCUT2D eigenvalue weighted by molar-refractivity contribution is 5.76. The predicted molar refractivity (Wildman–Crippen MR) is 50.2 cm³/mol. The number of carbonyl (C=O) groups is 1. The lowest BCUT2D eigenvalue weighted by Crippen LogP contribution is -2.34. The molecule has 0 spiro atoms. The van der Waals surface area contributed by atoms with Crippen LogP contribution in [0.4, 0.5) is 0 Å². The summed E-state index contributed by atoms with van der Waals surface area (Å²) in [7, 11) is 0. The van der Waals surface area contributed by atoms with Crippen LogP contribution in [0.5, 0.6) is 0 Å². The molecule has 0 bridgehead atoms. The average Bonchev–Trinajstić information content (AvgIpc) is 2.06. The Hall–Kier alpha value is -1.47. The van der Waals surface area contributed by atoms with Crippen molar-refractivity contribution in [3.63, 3.8) is 0 Å². The van der Waals surface area contributed by atoms with Crippen molar-refractivity contribution in [1.82, 2.24) is 12.3 Å².